The van der Waals surface area contributed by atoms with Crippen LogP contribution in [0.25, 0.3) is 0 Å². The second kappa shape index (κ2) is 5.72. The molecular formula is C12H25NO. The second-order valence-corrected chi connectivity index (χ2v) is 4.85. The molecule has 0 aliphatic heterocycles. The zero-order valence-corrected chi connectivity index (χ0v) is 9.87. The van der Waals surface area contributed by atoms with E-state index in [2.05, 4.69) is 25.9 Å². The molecule has 1 rings (SSSR count). The van der Waals surface area contributed by atoms with Gasteiger partial charge in [0.25, 0.3) is 0 Å². The SMILES string of the molecule is CCC(CO)C(C1CCCC1)N(C)C. The van der Waals surface area contributed by atoms with E-state index in [0.717, 1.165) is 12.3 Å². The van der Waals surface area contributed by atoms with Gasteiger partial charge in [-0.25, -0.2) is 0 Å². The summed E-state index contributed by atoms with van der Waals surface area (Å²) in [7, 11) is 4.31. The Morgan fingerprint density at radius 2 is 1.86 bits per heavy atom. The van der Waals surface area contributed by atoms with E-state index in [9.17, 15) is 5.11 Å². The van der Waals surface area contributed by atoms with Crippen molar-refractivity contribution in [1.82, 2.24) is 4.90 Å². The third-order valence-electron chi connectivity index (χ3n) is 3.72. The van der Waals surface area contributed by atoms with Crippen molar-refractivity contribution in [2.45, 2.75) is 45.1 Å². The van der Waals surface area contributed by atoms with Crippen molar-refractivity contribution in [3.8, 4) is 0 Å². The average molecular weight is 199 g/mol. The van der Waals surface area contributed by atoms with E-state index in [1.54, 1.807) is 0 Å². The molecule has 1 aliphatic rings. The monoisotopic (exact) mass is 199 g/mol. The first-order valence-corrected chi connectivity index (χ1v) is 5.98. The maximum absolute atomic E-state index is 9.38. The predicted octanol–water partition coefficient (Wildman–Crippen LogP) is 2.13. The predicted molar refractivity (Wildman–Crippen MR) is 60.3 cm³/mol. The summed E-state index contributed by atoms with van der Waals surface area (Å²) in [4.78, 5) is 2.32. The first-order chi connectivity index (χ1) is 6.70. The number of rotatable bonds is 5. The molecule has 84 valence electrons. The Labute approximate surface area is 88.3 Å². The number of hydrogen-bond donors (Lipinski definition) is 1. The van der Waals surface area contributed by atoms with Gasteiger partial charge in [-0.3, -0.25) is 0 Å². The van der Waals surface area contributed by atoms with Crippen LogP contribution in [0.4, 0.5) is 0 Å². The lowest BCUT2D eigenvalue weighted by atomic mass is 9.85. The quantitative estimate of drug-likeness (QED) is 0.733. The van der Waals surface area contributed by atoms with Crippen LogP contribution in [0.1, 0.15) is 39.0 Å². The van der Waals surface area contributed by atoms with Crippen LogP contribution in [0, 0.1) is 11.8 Å². The fraction of sp³-hybridized carbons (Fsp3) is 1.00. The molecular weight excluding hydrogens is 174 g/mol. The van der Waals surface area contributed by atoms with Crippen molar-refractivity contribution in [3.05, 3.63) is 0 Å². The molecule has 1 N–H and O–H groups in total. The molecule has 1 fully saturated rings. The number of hydrogen-bond acceptors (Lipinski definition) is 2. The van der Waals surface area contributed by atoms with Crippen LogP contribution in [0.15, 0.2) is 0 Å². The second-order valence-electron chi connectivity index (χ2n) is 4.85. The maximum atomic E-state index is 9.38. The molecule has 1 saturated carbocycles. The molecule has 0 aromatic heterocycles. The average Bonchev–Trinajstić information content (AvgIpc) is 2.65. The van der Waals surface area contributed by atoms with Crippen LogP contribution >= 0.6 is 0 Å². The summed E-state index contributed by atoms with van der Waals surface area (Å²) in [5.41, 5.74) is 0. The minimum atomic E-state index is 0.343. The standard InChI is InChI=1S/C12H25NO/c1-4-10(9-14)12(13(2)3)11-7-5-6-8-11/h10-12,14H,4-9H2,1-3H3. The van der Waals surface area contributed by atoms with Crippen LogP contribution in [-0.2, 0) is 0 Å². The summed E-state index contributed by atoms with van der Waals surface area (Å²) in [5, 5.41) is 9.38. The molecule has 0 amide bonds. The zero-order chi connectivity index (χ0) is 10.6. The zero-order valence-electron chi connectivity index (χ0n) is 9.87. The minimum absolute atomic E-state index is 0.343. The van der Waals surface area contributed by atoms with Crippen LogP contribution in [-0.4, -0.2) is 36.8 Å². The normalized spacial score (nSPS) is 22.9. The summed E-state index contributed by atoms with van der Waals surface area (Å²) >= 11 is 0. The highest BCUT2D eigenvalue weighted by molar-refractivity contribution is 4.85. The van der Waals surface area contributed by atoms with Gasteiger partial charge in [-0.1, -0.05) is 19.8 Å². The minimum Gasteiger partial charge on any atom is -0.396 e. The third-order valence-corrected chi connectivity index (χ3v) is 3.72. The van der Waals surface area contributed by atoms with Crippen molar-refractivity contribution in [2.24, 2.45) is 11.8 Å². The lowest BCUT2D eigenvalue weighted by molar-refractivity contribution is 0.0899. The van der Waals surface area contributed by atoms with Crippen molar-refractivity contribution < 1.29 is 5.11 Å². The molecule has 0 heterocycles. The van der Waals surface area contributed by atoms with E-state index >= 15 is 0 Å². The molecule has 2 nitrogen and oxygen atoms in total. The molecule has 14 heavy (non-hydrogen) atoms. The van der Waals surface area contributed by atoms with E-state index in [1.807, 2.05) is 0 Å². The summed E-state index contributed by atoms with van der Waals surface area (Å²) < 4.78 is 0. The van der Waals surface area contributed by atoms with E-state index in [-0.39, 0.29) is 0 Å². The number of aliphatic hydroxyl groups excluding tert-OH is 1. The third kappa shape index (κ3) is 2.71. The van der Waals surface area contributed by atoms with Gasteiger partial charge in [-0.15, -0.1) is 0 Å². The van der Waals surface area contributed by atoms with Crippen LogP contribution in [0.5, 0.6) is 0 Å². The lowest BCUT2D eigenvalue weighted by Crippen LogP contribution is -2.42. The van der Waals surface area contributed by atoms with Crippen molar-refractivity contribution in [1.29, 1.82) is 0 Å². The molecule has 1 aliphatic carbocycles. The molecule has 2 atom stereocenters. The highest BCUT2D eigenvalue weighted by Gasteiger charge is 2.31. The van der Waals surface area contributed by atoms with Crippen LogP contribution < -0.4 is 0 Å². The Hall–Kier alpha value is -0.0800. The van der Waals surface area contributed by atoms with Gasteiger partial charge in [0.1, 0.15) is 0 Å². The van der Waals surface area contributed by atoms with E-state index in [0.29, 0.717) is 18.6 Å². The first kappa shape index (κ1) is 12.0. The van der Waals surface area contributed by atoms with Gasteiger partial charge < -0.3 is 10.0 Å². The topological polar surface area (TPSA) is 23.5 Å². The summed E-state index contributed by atoms with van der Waals surface area (Å²) in [6.45, 7) is 2.53. The van der Waals surface area contributed by atoms with Crippen LogP contribution in [0.2, 0.25) is 0 Å². The molecule has 2 heteroatoms. The Morgan fingerprint density at radius 3 is 2.21 bits per heavy atom. The highest BCUT2D eigenvalue weighted by Crippen LogP contribution is 2.33. The van der Waals surface area contributed by atoms with Gasteiger partial charge in [-0.05, 0) is 45.2 Å². The Kier molecular flexibility index (Phi) is 4.90. The summed E-state index contributed by atoms with van der Waals surface area (Å²) in [6.07, 6.45) is 6.59. The Balaban J connectivity index is 2.61. The van der Waals surface area contributed by atoms with Crippen molar-refractivity contribution in [3.63, 3.8) is 0 Å². The summed E-state index contributed by atoms with van der Waals surface area (Å²) in [6, 6.07) is 0.590. The fourth-order valence-corrected chi connectivity index (χ4v) is 3.01. The van der Waals surface area contributed by atoms with Gasteiger partial charge >= 0.3 is 0 Å². The molecule has 2 unspecified atom stereocenters. The van der Waals surface area contributed by atoms with E-state index in [4.69, 9.17) is 0 Å². The molecule has 0 radical (unpaired) electrons. The molecule has 0 spiro atoms. The first-order valence-electron chi connectivity index (χ1n) is 5.98. The van der Waals surface area contributed by atoms with Gasteiger partial charge in [0.2, 0.25) is 0 Å². The molecule has 0 aromatic carbocycles. The van der Waals surface area contributed by atoms with Gasteiger partial charge in [0.15, 0.2) is 0 Å². The fourth-order valence-electron chi connectivity index (χ4n) is 3.01. The van der Waals surface area contributed by atoms with E-state index < -0.39 is 0 Å². The molecule has 0 aromatic rings. The molecule has 0 bridgehead atoms. The Bertz CT molecular complexity index is 146. The van der Waals surface area contributed by atoms with Crippen molar-refractivity contribution >= 4 is 0 Å². The smallest absolute Gasteiger partial charge is 0.0474 e. The number of aliphatic hydroxyl groups is 1. The maximum Gasteiger partial charge on any atom is 0.0474 e. The van der Waals surface area contributed by atoms with Gasteiger partial charge in [-0.2, -0.15) is 0 Å². The Morgan fingerprint density at radius 1 is 1.29 bits per heavy atom. The van der Waals surface area contributed by atoms with Gasteiger partial charge in [0.05, 0.1) is 0 Å². The van der Waals surface area contributed by atoms with Crippen molar-refractivity contribution in [2.75, 3.05) is 20.7 Å². The largest absolute Gasteiger partial charge is 0.396 e. The number of nitrogens with zero attached hydrogens (tertiary/aromatic N) is 1. The highest BCUT2D eigenvalue weighted by atomic mass is 16.3. The van der Waals surface area contributed by atoms with Gasteiger partial charge in [0, 0.05) is 12.6 Å². The summed E-state index contributed by atoms with van der Waals surface area (Å²) in [5.74, 6) is 1.29. The molecule has 0 saturated heterocycles. The lowest BCUT2D eigenvalue weighted by Gasteiger charge is -2.35. The van der Waals surface area contributed by atoms with E-state index in [1.165, 1.54) is 25.7 Å². The van der Waals surface area contributed by atoms with Crippen LogP contribution in [0.3, 0.4) is 0 Å².